The number of aromatic nitrogens is 2. The van der Waals surface area contributed by atoms with Gasteiger partial charge in [0.15, 0.2) is 5.69 Å². The number of nitrogens with two attached hydrogens (primary N) is 1. The summed E-state index contributed by atoms with van der Waals surface area (Å²) >= 11 is 0. The largest absolute Gasteiger partial charge is 0.336 e. The lowest BCUT2D eigenvalue weighted by Gasteiger charge is -2.22. The van der Waals surface area contributed by atoms with Gasteiger partial charge < -0.3 is 10.6 Å². The van der Waals surface area contributed by atoms with E-state index < -0.39 is 0 Å². The molecule has 1 heterocycles. The van der Waals surface area contributed by atoms with E-state index in [9.17, 15) is 4.79 Å². The van der Waals surface area contributed by atoms with E-state index in [0.717, 1.165) is 12.1 Å². The van der Waals surface area contributed by atoms with Crippen LogP contribution in [-0.4, -0.2) is 40.2 Å². The van der Waals surface area contributed by atoms with Crippen molar-refractivity contribution in [1.29, 1.82) is 0 Å². The molecule has 5 nitrogen and oxygen atoms in total. The second kappa shape index (κ2) is 9.02. The number of amides is 1. The van der Waals surface area contributed by atoms with Gasteiger partial charge in [-0.15, -0.1) is 12.4 Å². The minimum Gasteiger partial charge on any atom is -0.336 e. The van der Waals surface area contributed by atoms with Crippen molar-refractivity contribution in [2.24, 2.45) is 5.73 Å². The summed E-state index contributed by atoms with van der Waals surface area (Å²) in [5, 5.41) is 4.52. The second-order valence-electron chi connectivity index (χ2n) is 7.07. The fourth-order valence-electron chi connectivity index (χ4n) is 2.80. The fourth-order valence-corrected chi connectivity index (χ4v) is 2.80. The minimum absolute atomic E-state index is 0. The van der Waals surface area contributed by atoms with Crippen LogP contribution in [0.15, 0.2) is 36.4 Å². The number of hydrogen-bond donors (Lipinski definition) is 1. The number of benzene rings is 1. The van der Waals surface area contributed by atoms with Gasteiger partial charge in [-0.25, -0.2) is 0 Å². The molecule has 6 heteroatoms. The first-order chi connectivity index (χ1) is 11.3. The van der Waals surface area contributed by atoms with Crippen molar-refractivity contribution in [1.82, 2.24) is 14.7 Å². The van der Waals surface area contributed by atoms with Crippen LogP contribution in [-0.2, 0) is 12.0 Å². The maximum Gasteiger partial charge on any atom is 0.274 e. The number of carbonyl (C=O) groups is 1. The van der Waals surface area contributed by atoms with E-state index in [-0.39, 0.29) is 23.9 Å². The van der Waals surface area contributed by atoms with E-state index in [0.29, 0.717) is 25.3 Å². The first-order valence-electron chi connectivity index (χ1n) is 8.43. The Hall–Kier alpha value is -1.85. The maximum atomic E-state index is 12.8. The zero-order valence-corrected chi connectivity index (χ0v) is 16.3. The van der Waals surface area contributed by atoms with Gasteiger partial charge in [0, 0.05) is 25.3 Å². The van der Waals surface area contributed by atoms with Crippen LogP contribution in [0.2, 0.25) is 0 Å². The lowest BCUT2D eigenvalue weighted by Crippen LogP contribution is -2.37. The van der Waals surface area contributed by atoms with Gasteiger partial charge in [0.25, 0.3) is 5.91 Å². The molecule has 0 spiro atoms. The molecule has 0 unspecified atom stereocenters. The number of hydrogen-bond acceptors (Lipinski definition) is 3. The summed E-state index contributed by atoms with van der Waals surface area (Å²) in [6.45, 7) is 9.83. The van der Waals surface area contributed by atoms with E-state index in [1.807, 2.05) is 35.9 Å². The van der Waals surface area contributed by atoms with Crippen LogP contribution in [0.25, 0.3) is 0 Å². The highest BCUT2D eigenvalue weighted by atomic mass is 35.5. The highest BCUT2D eigenvalue weighted by Gasteiger charge is 2.23. The molecule has 1 aromatic carbocycles. The third-order valence-electron chi connectivity index (χ3n) is 3.94. The molecule has 0 radical (unpaired) electrons. The Morgan fingerprint density at radius 3 is 2.36 bits per heavy atom. The fraction of sp³-hybridized carbons (Fsp3) is 0.474. The van der Waals surface area contributed by atoms with E-state index in [1.54, 1.807) is 4.90 Å². The van der Waals surface area contributed by atoms with Gasteiger partial charge in [0.2, 0.25) is 0 Å². The molecule has 138 valence electrons. The highest BCUT2D eigenvalue weighted by Crippen LogP contribution is 2.17. The summed E-state index contributed by atoms with van der Waals surface area (Å²) in [7, 11) is 0. The van der Waals surface area contributed by atoms with Crippen molar-refractivity contribution in [2.75, 3.05) is 19.6 Å². The average Bonchev–Trinajstić information content (AvgIpc) is 2.94. The molecule has 0 fully saturated rings. The molecule has 0 aliphatic rings. The van der Waals surface area contributed by atoms with E-state index in [2.05, 4.69) is 38.0 Å². The summed E-state index contributed by atoms with van der Waals surface area (Å²) < 4.78 is 1.90. The molecule has 0 saturated heterocycles. The first-order valence-corrected chi connectivity index (χ1v) is 8.43. The number of nitrogens with zero attached hydrogens (tertiary/aromatic N) is 3. The third-order valence-corrected chi connectivity index (χ3v) is 3.94. The van der Waals surface area contributed by atoms with Crippen LogP contribution in [0.4, 0.5) is 0 Å². The van der Waals surface area contributed by atoms with Crippen molar-refractivity contribution in [2.45, 2.75) is 39.7 Å². The Bertz CT molecular complexity index is 676. The molecule has 0 atom stereocenters. The van der Waals surface area contributed by atoms with Gasteiger partial charge in [-0.1, -0.05) is 30.3 Å². The monoisotopic (exact) mass is 364 g/mol. The first kappa shape index (κ1) is 21.2. The Balaban J connectivity index is 0.00000312. The molecule has 1 amide bonds. The predicted octanol–water partition coefficient (Wildman–Crippen LogP) is 3.01. The predicted molar refractivity (Wildman–Crippen MR) is 104 cm³/mol. The molecule has 2 aromatic rings. The zero-order valence-electron chi connectivity index (χ0n) is 15.5. The van der Waals surface area contributed by atoms with Crippen LogP contribution in [0, 0.1) is 6.92 Å². The standard InChI is InChI=1S/C19H28N4O.ClH/c1-15-14-17(21-23(15)19(2,3)4)18(24)22(13-11-20)12-10-16-8-6-5-7-9-16;/h5-9,14H,10-13,20H2,1-4H3;1H. The van der Waals surface area contributed by atoms with Gasteiger partial charge in [-0.05, 0) is 45.7 Å². The Morgan fingerprint density at radius 2 is 1.84 bits per heavy atom. The minimum atomic E-state index is -0.147. The van der Waals surface area contributed by atoms with Crippen molar-refractivity contribution in [3.05, 3.63) is 53.3 Å². The van der Waals surface area contributed by atoms with Crippen molar-refractivity contribution in [3.8, 4) is 0 Å². The lowest BCUT2D eigenvalue weighted by atomic mass is 10.1. The van der Waals surface area contributed by atoms with Crippen LogP contribution < -0.4 is 5.73 Å². The Labute approximate surface area is 156 Å². The van der Waals surface area contributed by atoms with E-state index in [4.69, 9.17) is 5.73 Å². The van der Waals surface area contributed by atoms with Gasteiger partial charge in [0.05, 0.1) is 5.54 Å². The molecule has 1 aromatic heterocycles. The number of rotatable bonds is 6. The van der Waals surface area contributed by atoms with Crippen molar-refractivity contribution < 1.29 is 4.79 Å². The zero-order chi connectivity index (χ0) is 17.7. The molecule has 2 N–H and O–H groups in total. The lowest BCUT2D eigenvalue weighted by molar-refractivity contribution is 0.0754. The van der Waals surface area contributed by atoms with Gasteiger partial charge in [-0.3, -0.25) is 9.48 Å². The Kier molecular flexibility index (Phi) is 7.64. The molecule has 0 aliphatic heterocycles. The topological polar surface area (TPSA) is 64.2 Å². The van der Waals surface area contributed by atoms with Gasteiger partial charge in [0.1, 0.15) is 0 Å². The SMILES string of the molecule is Cc1cc(C(=O)N(CCN)CCc2ccccc2)nn1C(C)(C)C.Cl. The van der Waals surface area contributed by atoms with Crippen LogP contribution in [0.1, 0.15) is 42.5 Å². The van der Waals surface area contributed by atoms with Crippen molar-refractivity contribution in [3.63, 3.8) is 0 Å². The summed E-state index contributed by atoms with van der Waals surface area (Å²) in [6.07, 6.45) is 0.811. The van der Waals surface area contributed by atoms with Crippen molar-refractivity contribution >= 4 is 18.3 Å². The van der Waals surface area contributed by atoms with Gasteiger partial charge >= 0.3 is 0 Å². The molecule has 2 rings (SSSR count). The molecule has 0 saturated carbocycles. The number of carbonyl (C=O) groups excluding carboxylic acids is 1. The average molecular weight is 365 g/mol. The summed E-state index contributed by atoms with van der Waals surface area (Å²) in [4.78, 5) is 14.6. The molecular formula is C19H29ClN4O. The molecule has 0 aliphatic carbocycles. The van der Waals surface area contributed by atoms with E-state index >= 15 is 0 Å². The normalized spacial score (nSPS) is 11.1. The maximum absolute atomic E-state index is 12.8. The molecule has 0 bridgehead atoms. The highest BCUT2D eigenvalue weighted by molar-refractivity contribution is 5.92. The van der Waals surface area contributed by atoms with Crippen LogP contribution in [0.5, 0.6) is 0 Å². The summed E-state index contributed by atoms with van der Waals surface area (Å²) in [6, 6.07) is 12.0. The molecule has 25 heavy (non-hydrogen) atoms. The smallest absolute Gasteiger partial charge is 0.274 e. The molecular weight excluding hydrogens is 336 g/mol. The Morgan fingerprint density at radius 1 is 1.20 bits per heavy atom. The van der Waals surface area contributed by atoms with Crippen LogP contribution >= 0.6 is 12.4 Å². The van der Waals surface area contributed by atoms with Gasteiger partial charge in [-0.2, -0.15) is 5.10 Å². The van der Waals surface area contributed by atoms with E-state index in [1.165, 1.54) is 5.56 Å². The summed E-state index contributed by atoms with van der Waals surface area (Å²) in [5.41, 5.74) is 8.24. The summed E-state index contributed by atoms with van der Waals surface area (Å²) in [5.74, 6) is -0.0533. The number of halogens is 1. The van der Waals surface area contributed by atoms with Crippen LogP contribution in [0.3, 0.4) is 0 Å². The second-order valence-corrected chi connectivity index (χ2v) is 7.07. The number of aryl methyl sites for hydroxylation is 1. The third kappa shape index (κ3) is 5.58. The quantitative estimate of drug-likeness (QED) is 0.856.